The second-order valence-electron chi connectivity index (χ2n) is 5.32. The normalized spacial score (nSPS) is 11.0. The highest BCUT2D eigenvalue weighted by Crippen LogP contribution is 2.21. The van der Waals surface area contributed by atoms with Gasteiger partial charge in [-0.3, -0.25) is 9.59 Å². The minimum absolute atomic E-state index is 0.245. The van der Waals surface area contributed by atoms with Gasteiger partial charge < -0.3 is 14.6 Å². The van der Waals surface area contributed by atoms with E-state index in [0.29, 0.717) is 5.69 Å². The van der Waals surface area contributed by atoms with Crippen molar-refractivity contribution in [3.8, 4) is 5.69 Å². The van der Waals surface area contributed by atoms with Crippen LogP contribution in [-0.4, -0.2) is 28.0 Å². The van der Waals surface area contributed by atoms with Crippen LogP contribution in [0.5, 0.6) is 0 Å². The van der Waals surface area contributed by atoms with Crippen molar-refractivity contribution in [1.29, 1.82) is 0 Å². The van der Waals surface area contributed by atoms with Gasteiger partial charge in [0.05, 0.1) is 12.9 Å². The maximum Gasteiger partial charge on any atom is 0.321 e. The number of carbonyl (C=O) groups excluding carboxylic acids is 2. The van der Waals surface area contributed by atoms with Crippen LogP contribution in [-0.2, 0) is 14.3 Å². The molecule has 2 aromatic rings. The van der Waals surface area contributed by atoms with Gasteiger partial charge >= 0.3 is 5.97 Å². The monoisotopic (exact) mass is 301 g/mol. The van der Waals surface area contributed by atoms with Crippen molar-refractivity contribution < 1.29 is 14.3 Å². The van der Waals surface area contributed by atoms with E-state index in [1.807, 2.05) is 22.9 Å². The molecular weight excluding hydrogens is 282 g/mol. The van der Waals surface area contributed by atoms with Gasteiger partial charge in [0.25, 0.3) is 0 Å². The topological polar surface area (TPSA) is 73.2 Å². The molecule has 0 spiro atoms. The van der Waals surface area contributed by atoms with Crippen LogP contribution in [0.15, 0.2) is 43.0 Å². The number of hydrogen-bond acceptors (Lipinski definition) is 4. The number of nitrogens with zero attached hydrogens (tertiary/aromatic N) is 2. The summed E-state index contributed by atoms with van der Waals surface area (Å²) in [5.74, 6) is -0.941. The molecule has 0 unspecified atom stereocenters. The number of esters is 1. The van der Waals surface area contributed by atoms with Crippen LogP contribution in [0.3, 0.4) is 0 Å². The van der Waals surface area contributed by atoms with Gasteiger partial charge in [0.1, 0.15) is 5.41 Å². The van der Waals surface area contributed by atoms with Gasteiger partial charge in [-0.2, -0.15) is 0 Å². The van der Waals surface area contributed by atoms with Gasteiger partial charge in [0.15, 0.2) is 0 Å². The number of nitrogens with one attached hydrogen (secondary N) is 1. The molecule has 0 radical (unpaired) electrons. The molecule has 0 aliphatic rings. The third-order valence-electron chi connectivity index (χ3n) is 3.28. The molecule has 1 aromatic carbocycles. The van der Waals surface area contributed by atoms with E-state index >= 15 is 0 Å². The Morgan fingerprint density at radius 2 is 1.95 bits per heavy atom. The lowest BCUT2D eigenvalue weighted by Gasteiger charge is -2.21. The van der Waals surface area contributed by atoms with Crippen LogP contribution in [0.2, 0.25) is 0 Å². The fourth-order valence-corrected chi connectivity index (χ4v) is 1.82. The van der Waals surface area contributed by atoms with Crippen molar-refractivity contribution in [2.45, 2.75) is 20.8 Å². The fraction of sp³-hybridized carbons (Fsp3) is 0.312. The molecular formula is C16H19N3O3. The van der Waals surface area contributed by atoms with Crippen molar-refractivity contribution >= 4 is 17.6 Å². The molecule has 0 saturated carbocycles. The highest BCUT2D eigenvalue weighted by Gasteiger charge is 2.37. The Morgan fingerprint density at radius 1 is 1.27 bits per heavy atom. The fourth-order valence-electron chi connectivity index (χ4n) is 1.82. The average molecular weight is 301 g/mol. The molecule has 6 heteroatoms. The highest BCUT2D eigenvalue weighted by atomic mass is 16.5. The lowest BCUT2D eigenvalue weighted by molar-refractivity contribution is -0.156. The first-order chi connectivity index (χ1) is 10.4. The summed E-state index contributed by atoms with van der Waals surface area (Å²) in [7, 11) is 0. The molecule has 1 aromatic heterocycles. The van der Waals surface area contributed by atoms with E-state index in [2.05, 4.69) is 10.3 Å². The third kappa shape index (κ3) is 3.33. The number of hydrogen-bond donors (Lipinski definition) is 1. The average Bonchev–Trinajstić information content (AvgIpc) is 3.02. The third-order valence-corrected chi connectivity index (χ3v) is 3.28. The number of amides is 1. The molecule has 6 nitrogen and oxygen atoms in total. The molecule has 2 rings (SSSR count). The highest BCUT2D eigenvalue weighted by molar-refractivity contribution is 6.08. The first-order valence-corrected chi connectivity index (χ1v) is 7.02. The summed E-state index contributed by atoms with van der Waals surface area (Å²) in [6.07, 6.45) is 5.21. The standard InChI is InChI=1S/C16H19N3O3/c1-4-22-15(21)16(2,3)14(20)18-12-5-7-13(8-6-12)19-10-9-17-11-19/h5-11H,4H2,1-3H3,(H,18,20). The Kier molecular flexibility index (Phi) is 4.60. The number of rotatable bonds is 5. The van der Waals surface area contributed by atoms with E-state index < -0.39 is 17.3 Å². The molecule has 0 atom stereocenters. The second-order valence-corrected chi connectivity index (χ2v) is 5.32. The van der Waals surface area contributed by atoms with Crippen LogP contribution in [0, 0.1) is 5.41 Å². The second kappa shape index (κ2) is 6.43. The lowest BCUT2D eigenvalue weighted by Crippen LogP contribution is -2.39. The van der Waals surface area contributed by atoms with E-state index in [1.165, 1.54) is 0 Å². The Hall–Kier alpha value is -2.63. The number of imidazole rings is 1. The van der Waals surface area contributed by atoms with E-state index in [1.54, 1.807) is 45.4 Å². The number of anilines is 1. The van der Waals surface area contributed by atoms with Crippen LogP contribution >= 0.6 is 0 Å². The van der Waals surface area contributed by atoms with E-state index in [4.69, 9.17) is 4.74 Å². The van der Waals surface area contributed by atoms with Crippen LogP contribution in [0.4, 0.5) is 5.69 Å². The van der Waals surface area contributed by atoms with Crippen molar-refractivity contribution in [2.24, 2.45) is 5.41 Å². The zero-order valence-electron chi connectivity index (χ0n) is 12.9. The summed E-state index contributed by atoms with van der Waals surface area (Å²) >= 11 is 0. The summed E-state index contributed by atoms with van der Waals surface area (Å²) in [5.41, 5.74) is 0.311. The van der Waals surface area contributed by atoms with Gasteiger partial charge in [0.2, 0.25) is 5.91 Å². The van der Waals surface area contributed by atoms with Gasteiger partial charge in [-0.05, 0) is 45.0 Å². The smallest absolute Gasteiger partial charge is 0.321 e. The molecule has 1 amide bonds. The van der Waals surface area contributed by atoms with Crippen molar-refractivity contribution in [2.75, 3.05) is 11.9 Å². The maximum atomic E-state index is 12.2. The molecule has 1 heterocycles. The van der Waals surface area contributed by atoms with Crippen molar-refractivity contribution in [3.63, 3.8) is 0 Å². The minimum atomic E-state index is -1.24. The van der Waals surface area contributed by atoms with Gasteiger partial charge in [-0.25, -0.2) is 4.98 Å². The van der Waals surface area contributed by atoms with Crippen molar-refractivity contribution in [3.05, 3.63) is 43.0 Å². The molecule has 0 aliphatic heterocycles. The number of aromatic nitrogens is 2. The molecule has 0 fully saturated rings. The molecule has 0 saturated heterocycles. The summed E-state index contributed by atoms with van der Waals surface area (Å²) < 4.78 is 6.78. The Morgan fingerprint density at radius 3 is 2.50 bits per heavy atom. The van der Waals surface area contributed by atoms with Gasteiger partial charge in [0, 0.05) is 23.8 Å². The van der Waals surface area contributed by atoms with Crippen LogP contribution in [0.25, 0.3) is 5.69 Å². The Bertz CT molecular complexity index is 646. The zero-order chi connectivity index (χ0) is 16.2. The molecule has 116 valence electrons. The van der Waals surface area contributed by atoms with E-state index in [-0.39, 0.29) is 6.61 Å². The number of carbonyl (C=O) groups is 2. The summed E-state index contributed by atoms with van der Waals surface area (Å²) in [5, 5.41) is 2.73. The Labute approximate surface area is 129 Å². The molecule has 0 aliphatic carbocycles. The molecule has 22 heavy (non-hydrogen) atoms. The molecule has 0 bridgehead atoms. The van der Waals surface area contributed by atoms with Crippen molar-refractivity contribution in [1.82, 2.24) is 9.55 Å². The largest absolute Gasteiger partial charge is 0.465 e. The van der Waals surface area contributed by atoms with Crippen LogP contribution < -0.4 is 5.32 Å². The summed E-state index contributed by atoms with van der Waals surface area (Å²) in [6, 6.07) is 7.26. The Balaban J connectivity index is 2.07. The zero-order valence-corrected chi connectivity index (χ0v) is 12.9. The molecule has 1 N–H and O–H groups in total. The number of benzene rings is 1. The quantitative estimate of drug-likeness (QED) is 0.680. The summed E-state index contributed by atoms with van der Waals surface area (Å²) in [6.45, 7) is 5.04. The summed E-state index contributed by atoms with van der Waals surface area (Å²) in [4.78, 5) is 28.0. The van der Waals surface area contributed by atoms with Gasteiger partial charge in [-0.15, -0.1) is 0 Å². The van der Waals surface area contributed by atoms with E-state index in [0.717, 1.165) is 5.69 Å². The van der Waals surface area contributed by atoms with Gasteiger partial charge in [-0.1, -0.05) is 0 Å². The van der Waals surface area contributed by atoms with E-state index in [9.17, 15) is 9.59 Å². The maximum absolute atomic E-state index is 12.2. The SMILES string of the molecule is CCOC(=O)C(C)(C)C(=O)Nc1ccc(-n2ccnc2)cc1. The minimum Gasteiger partial charge on any atom is -0.465 e. The first kappa shape index (κ1) is 15.8. The predicted octanol–water partition coefficient (Wildman–Crippen LogP) is 2.40. The lowest BCUT2D eigenvalue weighted by atomic mass is 9.92. The van der Waals surface area contributed by atoms with Crippen LogP contribution in [0.1, 0.15) is 20.8 Å². The first-order valence-electron chi connectivity index (χ1n) is 7.02. The number of ether oxygens (including phenoxy) is 1. The predicted molar refractivity (Wildman–Crippen MR) is 82.6 cm³/mol.